The Morgan fingerprint density at radius 2 is 2.06 bits per heavy atom. The highest BCUT2D eigenvalue weighted by atomic mass is 32.1. The molecule has 1 heterocycles. The van der Waals surface area contributed by atoms with Gasteiger partial charge in [0.1, 0.15) is 10.6 Å². The molecule has 0 atom stereocenters. The molecule has 1 rings (SSSR count). The topological polar surface area (TPSA) is 48.1 Å². The molecule has 0 bridgehead atoms. The number of rotatable bonds is 7. The van der Waals surface area contributed by atoms with E-state index in [2.05, 4.69) is 24.2 Å². The number of hydrogen-bond donors (Lipinski definition) is 1. The summed E-state index contributed by atoms with van der Waals surface area (Å²) in [6.45, 7) is 7.73. The van der Waals surface area contributed by atoms with Crippen molar-refractivity contribution in [2.24, 2.45) is 5.73 Å². The average molecular weight is 242 g/mol. The van der Waals surface area contributed by atoms with Gasteiger partial charge in [-0.15, -0.1) is 11.3 Å². The second-order valence-corrected chi connectivity index (χ2v) is 4.68. The molecule has 0 spiro atoms. The highest BCUT2D eigenvalue weighted by Crippen LogP contribution is 2.35. The number of hydrogen-bond acceptors (Lipinski definition) is 4. The normalized spacial score (nSPS) is 12.0. The summed E-state index contributed by atoms with van der Waals surface area (Å²) < 4.78 is 5.92. The summed E-state index contributed by atoms with van der Waals surface area (Å²) in [6, 6.07) is 0. The molecule has 0 saturated heterocycles. The van der Waals surface area contributed by atoms with Gasteiger partial charge in [-0.2, -0.15) is 0 Å². The predicted octanol–water partition coefficient (Wildman–Crippen LogP) is 2.70. The Morgan fingerprint density at radius 3 is 2.56 bits per heavy atom. The smallest absolute Gasteiger partial charge is 0.125 e. The van der Waals surface area contributed by atoms with Crippen LogP contribution >= 0.6 is 11.3 Å². The molecule has 0 saturated carbocycles. The van der Waals surface area contributed by atoms with E-state index in [1.54, 1.807) is 11.3 Å². The lowest BCUT2D eigenvalue weighted by atomic mass is 9.98. The maximum absolute atomic E-state index is 5.92. The summed E-state index contributed by atoms with van der Waals surface area (Å²) in [5.74, 6) is 0. The first-order valence-corrected chi connectivity index (χ1v) is 6.89. The minimum absolute atomic E-state index is 0.188. The van der Waals surface area contributed by atoms with Crippen LogP contribution in [0, 0.1) is 0 Å². The zero-order valence-corrected chi connectivity index (χ0v) is 11.3. The van der Waals surface area contributed by atoms with Crippen LogP contribution in [0.25, 0.3) is 0 Å². The number of nitrogens with zero attached hydrogens (tertiary/aromatic N) is 1. The van der Waals surface area contributed by atoms with Crippen molar-refractivity contribution in [2.45, 2.75) is 45.6 Å². The molecule has 0 fully saturated rings. The number of ether oxygens (including phenoxy) is 1. The molecule has 1 aromatic rings. The lowest BCUT2D eigenvalue weighted by Gasteiger charge is -2.29. The van der Waals surface area contributed by atoms with Crippen LogP contribution in [0.4, 0.5) is 0 Å². The second-order valence-electron chi connectivity index (χ2n) is 3.82. The van der Waals surface area contributed by atoms with Crippen LogP contribution in [-0.4, -0.2) is 18.1 Å². The van der Waals surface area contributed by atoms with Crippen molar-refractivity contribution in [3.8, 4) is 0 Å². The van der Waals surface area contributed by atoms with Gasteiger partial charge in [0.2, 0.25) is 0 Å². The molecule has 4 heteroatoms. The molecular formula is C12H22N2OS. The summed E-state index contributed by atoms with van der Waals surface area (Å²) in [7, 11) is 0. The number of aromatic nitrogens is 1. The van der Waals surface area contributed by atoms with E-state index < -0.39 is 0 Å². The lowest BCUT2D eigenvalue weighted by molar-refractivity contribution is -0.0507. The zero-order chi connectivity index (χ0) is 12.0. The third kappa shape index (κ3) is 2.81. The molecule has 0 unspecified atom stereocenters. The van der Waals surface area contributed by atoms with Gasteiger partial charge in [-0.05, 0) is 26.3 Å². The van der Waals surface area contributed by atoms with Crippen LogP contribution in [0.3, 0.4) is 0 Å². The zero-order valence-electron chi connectivity index (χ0n) is 10.5. The van der Waals surface area contributed by atoms with Gasteiger partial charge >= 0.3 is 0 Å². The molecule has 0 aliphatic heterocycles. The van der Waals surface area contributed by atoms with E-state index in [-0.39, 0.29) is 5.60 Å². The van der Waals surface area contributed by atoms with E-state index in [9.17, 15) is 0 Å². The Bertz CT molecular complexity index is 308. The van der Waals surface area contributed by atoms with Gasteiger partial charge < -0.3 is 10.5 Å². The second kappa shape index (κ2) is 6.33. The van der Waals surface area contributed by atoms with Gasteiger partial charge in [-0.25, -0.2) is 4.98 Å². The van der Waals surface area contributed by atoms with E-state index in [0.717, 1.165) is 36.6 Å². The van der Waals surface area contributed by atoms with Gasteiger partial charge in [-0.1, -0.05) is 13.8 Å². The minimum atomic E-state index is -0.188. The molecule has 0 aliphatic rings. The summed E-state index contributed by atoms with van der Waals surface area (Å²) in [5.41, 5.74) is 6.44. The van der Waals surface area contributed by atoms with Crippen molar-refractivity contribution in [3.63, 3.8) is 0 Å². The largest absolute Gasteiger partial charge is 0.368 e. The van der Waals surface area contributed by atoms with Crippen molar-refractivity contribution in [2.75, 3.05) is 13.2 Å². The first-order chi connectivity index (χ1) is 7.72. The van der Waals surface area contributed by atoms with Crippen LogP contribution in [0.1, 0.15) is 44.3 Å². The first kappa shape index (κ1) is 13.6. The van der Waals surface area contributed by atoms with Crippen molar-refractivity contribution in [3.05, 3.63) is 16.1 Å². The molecule has 0 aromatic carbocycles. The molecule has 3 nitrogen and oxygen atoms in total. The van der Waals surface area contributed by atoms with Crippen LogP contribution in [0.2, 0.25) is 0 Å². The fraction of sp³-hybridized carbons (Fsp3) is 0.750. The van der Waals surface area contributed by atoms with Crippen LogP contribution in [0.15, 0.2) is 5.38 Å². The van der Waals surface area contributed by atoms with Gasteiger partial charge in [0.25, 0.3) is 0 Å². The van der Waals surface area contributed by atoms with Crippen LogP contribution in [-0.2, 0) is 16.8 Å². The van der Waals surface area contributed by atoms with Gasteiger partial charge in [0.15, 0.2) is 0 Å². The first-order valence-electron chi connectivity index (χ1n) is 6.01. The van der Waals surface area contributed by atoms with Crippen molar-refractivity contribution < 1.29 is 4.74 Å². The van der Waals surface area contributed by atoms with E-state index >= 15 is 0 Å². The lowest BCUT2D eigenvalue weighted by Crippen LogP contribution is -2.28. The highest BCUT2D eigenvalue weighted by molar-refractivity contribution is 7.09. The standard InChI is InChI=1S/C12H22N2OS/c1-4-12(5-2,15-6-3)11-14-10(7-8-13)9-16-11/h9H,4-8,13H2,1-3H3. The summed E-state index contributed by atoms with van der Waals surface area (Å²) in [6.07, 6.45) is 2.78. The molecular weight excluding hydrogens is 220 g/mol. The van der Waals surface area contributed by atoms with E-state index in [4.69, 9.17) is 10.5 Å². The third-order valence-corrected chi connectivity index (χ3v) is 3.98. The van der Waals surface area contributed by atoms with Gasteiger partial charge in [-0.3, -0.25) is 0 Å². The van der Waals surface area contributed by atoms with Crippen molar-refractivity contribution >= 4 is 11.3 Å². The van der Waals surface area contributed by atoms with Gasteiger partial charge in [0.05, 0.1) is 5.69 Å². The highest BCUT2D eigenvalue weighted by Gasteiger charge is 2.32. The summed E-state index contributed by atoms with van der Waals surface area (Å²) >= 11 is 1.69. The summed E-state index contributed by atoms with van der Waals surface area (Å²) in [5, 5.41) is 3.20. The number of thiazole rings is 1. The molecule has 0 amide bonds. The SMILES string of the molecule is CCOC(CC)(CC)c1nc(CCN)cs1. The maximum Gasteiger partial charge on any atom is 0.125 e. The fourth-order valence-corrected chi connectivity index (χ4v) is 3.02. The third-order valence-electron chi connectivity index (χ3n) is 2.90. The molecule has 0 radical (unpaired) electrons. The Morgan fingerprint density at radius 1 is 1.38 bits per heavy atom. The van der Waals surface area contributed by atoms with E-state index in [1.165, 1.54) is 0 Å². The Labute approximate surface area is 102 Å². The maximum atomic E-state index is 5.92. The molecule has 1 aromatic heterocycles. The van der Waals surface area contributed by atoms with Crippen LogP contribution in [0.5, 0.6) is 0 Å². The summed E-state index contributed by atoms with van der Waals surface area (Å²) in [4.78, 5) is 4.65. The molecule has 0 aliphatic carbocycles. The number of nitrogens with two attached hydrogens (primary N) is 1. The fourth-order valence-electron chi connectivity index (χ4n) is 1.87. The minimum Gasteiger partial charge on any atom is -0.368 e. The van der Waals surface area contributed by atoms with Gasteiger partial charge in [0, 0.05) is 18.4 Å². The predicted molar refractivity (Wildman–Crippen MR) is 68.8 cm³/mol. The van der Waals surface area contributed by atoms with Crippen molar-refractivity contribution in [1.29, 1.82) is 0 Å². The Hall–Kier alpha value is -0.450. The molecule has 16 heavy (non-hydrogen) atoms. The monoisotopic (exact) mass is 242 g/mol. The van der Waals surface area contributed by atoms with Crippen LogP contribution < -0.4 is 5.73 Å². The van der Waals surface area contributed by atoms with Crippen molar-refractivity contribution in [1.82, 2.24) is 4.98 Å². The quantitative estimate of drug-likeness (QED) is 0.799. The van der Waals surface area contributed by atoms with E-state index in [1.807, 2.05) is 6.92 Å². The Balaban J connectivity index is 2.91. The average Bonchev–Trinajstić information content (AvgIpc) is 2.76. The molecule has 2 N–H and O–H groups in total. The molecule has 92 valence electrons. The Kier molecular flexibility index (Phi) is 5.38. The van der Waals surface area contributed by atoms with E-state index in [0.29, 0.717) is 6.54 Å².